The lowest BCUT2D eigenvalue weighted by atomic mass is 10.0. The van der Waals surface area contributed by atoms with Gasteiger partial charge in [-0.05, 0) is 25.0 Å². The molecule has 2 N–H and O–H groups in total. The minimum atomic E-state index is -0.928. The van der Waals surface area contributed by atoms with Gasteiger partial charge in [-0.25, -0.2) is 9.07 Å². The van der Waals surface area contributed by atoms with Gasteiger partial charge in [0.25, 0.3) is 5.91 Å². The fourth-order valence-electron chi connectivity index (χ4n) is 2.83. The van der Waals surface area contributed by atoms with Crippen LogP contribution in [0.1, 0.15) is 29.8 Å². The highest BCUT2D eigenvalue weighted by Crippen LogP contribution is 2.26. The minimum absolute atomic E-state index is 0.0228. The Morgan fingerprint density at radius 1 is 1.38 bits per heavy atom. The summed E-state index contributed by atoms with van der Waals surface area (Å²) in [5, 5.41) is 19.2. The lowest BCUT2D eigenvalue weighted by Gasteiger charge is -2.16. The number of carboxylic acid groups (broad SMARTS) is 1. The Balaban J connectivity index is 1.77. The molecule has 1 aliphatic rings. The molecular formula is C15H14ClFN4O3. The predicted octanol–water partition coefficient (Wildman–Crippen LogP) is 2.04. The molecule has 1 amide bonds. The van der Waals surface area contributed by atoms with Crippen LogP contribution in [0.15, 0.2) is 24.4 Å². The van der Waals surface area contributed by atoms with Gasteiger partial charge in [-0.3, -0.25) is 9.59 Å². The van der Waals surface area contributed by atoms with Gasteiger partial charge < -0.3 is 10.4 Å². The van der Waals surface area contributed by atoms with E-state index in [1.165, 1.54) is 18.3 Å². The molecule has 24 heavy (non-hydrogen) atoms. The van der Waals surface area contributed by atoms with Gasteiger partial charge in [0, 0.05) is 6.04 Å². The quantitative estimate of drug-likeness (QED) is 0.877. The van der Waals surface area contributed by atoms with Crippen LogP contribution < -0.4 is 5.32 Å². The Bertz CT molecular complexity index is 795. The van der Waals surface area contributed by atoms with E-state index >= 15 is 0 Å². The molecule has 0 unspecified atom stereocenters. The van der Waals surface area contributed by atoms with Gasteiger partial charge in [-0.15, -0.1) is 5.10 Å². The summed E-state index contributed by atoms with van der Waals surface area (Å²) >= 11 is 5.72. The average Bonchev–Trinajstić information content (AvgIpc) is 3.19. The fraction of sp³-hybridized carbons (Fsp3) is 0.333. The van der Waals surface area contributed by atoms with Gasteiger partial charge in [-0.2, -0.15) is 0 Å². The molecular weight excluding hydrogens is 339 g/mol. The molecule has 0 radical (unpaired) electrons. The van der Waals surface area contributed by atoms with Gasteiger partial charge in [0.2, 0.25) is 0 Å². The Hall–Kier alpha value is -2.48. The number of carbonyl (C=O) groups is 2. The van der Waals surface area contributed by atoms with Crippen molar-refractivity contribution in [3.8, 4) is 5.69 Å². The van der Waals surface area contributed by atoms with E-state index in [-0.39, 0.29) is 16.4 Å². The van der Waals surface area contributed by atoms with E-state index in [1.807, 2.05) is 0 Å². The van der Waals surface area contributed by atoms with Crippen LogP contribution in [0.2, 0.25) is 5.02 Å². The second kappa shape index (κ2) is 6.56. The van der Waals surface area contributed by atoms with Crippen LogP contribution in [0.3, 0.4) is 0 Å². The van der Waals surface area contributed by atoms with Crippen molar-refractivity contribution in [1.82, 2.24) is 20.3 Å². The van der Waals surface area contributed by atoms with E-state index in [9.17, 15) is 14.0 Å². The first-order valence-electron chi connectivity index (χ1n) is 7.38. The predicted molar refractivity (Wildman–Crippen MR) is 82.6 cm³/mol. The maximum atomic E-state index is 14.0. The molecule has 1 heterocycles. The largest absolute Gasteiger partial charge is 0.481 e. The van der Waals surface area contributed by atoms with Crippen LogP contribution in [-0.2, 0) is 4.79 Å². The van der Waals surface area contributed by atoms with Crippen molar-refractivity contribution < 1.29 is 19.1 Å². The number of carboxylic acids is 1. The summed E-state index contributed by atoms with van der Waals surface area (Å²) in [7, 11) is 0. The monoisotopic (exact) mass is 352 g/mol. The van der Waals surface area contributed by atoms with Crippen LogP contribution in [0.5, 0.6) is 0 Å². The molecule has 1 aromatic carbocycles. The molecule has 1 saturated carbocycles. The van der Waals surface area contributed by atoms with E-state index < -0.39 is 29.7 Å². The summed E-state index contributed by atoms with van der Waals surface area (Å²) in [5.41, 5.74) is 0.0451. The SMILES string of the molecule is O=C(N[C@H]1CCC[C@H]1C(=O)O)c1cn(-c2cccc(Cl)c2F)nn1. The number of nitrogens with zero attached hydrogens (tertiary/aromatic N) is 3. The number of hydrogen-bond acceptors (Lipinski definition) is 4. The Morgan fingerprint density at radius 2 is 2.17 bits per heavy atom. The maximum absolute atomic E-state index is 14.0. The highest BCUT2D eigenvalue weighted by Gasteiger charge is 2.34. The molecule has 3 rings (SSSR count). The van der Waals surface area contributed by atoms with E-state index in [2.05, 4.69) is 15.6 Å². The molecule has 1 aliphatic carbocycles. The summed E-state index contributed by atoms with van der Waals surface area (Å²) in [6.45, 7) is 0. The van der Waals surface area contributed by atoms with E-state index in [0.717, 1.165) is 11.1 Å². The van der Waals surface area contributed by atoms with Crippen molar-refractivity contribution in [3.63, 3.8) is 0 Å². The normalized spacial score (nSPS) is 20.1. The molecule has 0 spiro atoms. The third-order valence-corrected chi connectivity index (χ3v) is 4.35. The van der Waals surface area contributed by atoms with E-state index in [1.54, 1.807) is 6.07 Å². The molecule has 126 valence electrons. The number of amides is 1. The lowest BCUT2D eigenvalue weighted by molar-refractivity contribution is -0.142. The van der Waals surface area contributed by atoms with E-state index in [0.29, 0.717) is 12.8 Å². The van der Waals surface area contributed by atoms with Crippen LogP contribution in [0.4, 0.5) is 4.39 Å². The zero-order valence-corrected chi connectivity index (χ0v) is 13.2. The minimum Gasteiger partial charge on any atom is -0.481 e. The van der Waals surface area contributed by atoms with Crippen molar-refractivity contribution in [2.75, 3.05) is 0 Å². The summed E-state index contributed by atoms with van der Waals surface area (Å²) in [6.07, 6.45) is 3.14. The second-order valence-electron chi connectivity index (χ2n) is 5.58. The molecule has 2 atom stereocenters. The summed E-state index contributed by atoms with van der Waals surface area (Å²) in [4.78, 5) is 23.4. The van der Waals surface area contributed by atoms with Crippen LogP contribution in [0, 0.1) is 11.7 Å². The van der Waals surface area contributed by atoms with E-state index in [4.69, 9.17) is 16.7 Å². The number of nitrogens with one attached hydrogen (secondary N) is 1. The van der Waals surface area contributed by atoms with Crippen LogP contribution >= 0.6 is 11.6 Å². The molecule has 1 fully saturated rings. The Morgan fingerprint density at radius 3 is 2.92 bits per heavy atom. The first-order valence-corrected chi connectivity index (χ1v) is 7.75. The van der Waals surface area contributed by atoms with Crippen LogP contribution in [-0.4, -0.2) is 38.0 Å². The molecule has 0 bridgehead atoms. The number of benzene rings is 1. The number of carbonyl (C=O) groups excluding carboxylic acids is 1. The molecule has 7 nitrogen and oxygen atoms in total. The van der Waals surface area contributed by atoms with Gasteiger partial charge >= 0.3 is 5.97 Å². The first-order chi connectivity index (χ1) is 11.5. The zero-order chi connectivity index (χ0) is 17.3. The van der Waals surface area contributed by atoms with Crippen molar-refractivity contribution in [1.29, 1.82) is 0 Å². The summed E-state index contributed by atoms with van der Waals surface area (Å²) in [6, 6.07) is 3.97. The summed E-state index contributed by atoms with van der Waals surface area (Å²) < 4.78 is 15.1. The third-order valence-electron chi connectivity index (χ3n) is 4.05. The number of halogens is 2. The van der Waals surface area contributed by atoms with Crippen molar-refractivity contribution in [3.05, 3.63) is 40.9 Å². The first kappa shape index (κ1) is 16.4. The average molecular weight is 353 g/mol. The summed E-state index contributed by atoms with van der Waals surface area (Å²) in [5.74, 6) is -2.74. The van der Waals surface area contributed by atoms with Crippen molar-refractivity contribution >= 4 is 23.5 Å². The lowest BCUT2D eigenvalue weighted by Crippen LogP contribution is -2.40. The van der Waals surface area contributed by atoms with Gasteiger partial charge in [0.15, 0.2) is 11.5 Å². The number of aromatic nitrogens is 3. The maximum Gasteiger partial charge on any atom is 0.308 e. The van der Waals surface area contributed by atoms with Gasteiger partial charge in [0.05, 0.1) is 17.1 Å². The van der Waals surface area contributed by atoms with Crippen LogP contribution in [0.25, 0.3) is 5.69 Å². The van der Waals surface area contributed by atoms with Gasteiger partial charge in [-0.1, -0.05) is 29.3 Å². The Kier molecular flexibility index (Phi) is 4.48. The standard InChI is InChI=1S/C15H14ClFN4O3/c16-9-4-2-6-12(13(9)17)21-7-11(19-20-21)14(22)18-10-5-1-3-8(10)15(23)24/h2,4,6-8,10H,1,3,5H2,(H,18,22)(H,23,24)/t8-,10+/m1/s1. The second-order valence-corrected chi connectivity index (χ2v) is 5.98. The number of aliphatic carboxylic acids is 1. The highest BCUT2D eigenvalue weighted by molar-refractivity contribution is 6.30. The Labute approximate surface area is 141 Å². The van der Waals surface area contributed by atoms with Gasteiger partial charge in [0.1, 0.15) is 5.69 Å². The van der Waals surface area contributed by atoms with Crippen molar-refractivity contribution in [2.24, 2.45) is 5.92 Å². The third kappa shape index (κ3) is 3.09. The molecule has 0 saturated heterocycles. The number of rotatable bonds is 4. The van der Waals surface area contributed by atoms with Crippen molar-refractivity contribution in [2.45, 2.75) is 25.3 Å². The molecule has 2 aromatic rings. The highest BCUT2D eigenvalue weighted by atomic mass is 35.5. The molecule has 9 heteroatoms. The zero-order valence-electron chi connectivity index (χ0n) is 12.4. The fourth-order valence-corrected chi connectivity index (χ4v) is 3.00. The smallest absolute Gasteiger partial charge is 0.308 e. The number of hydrogen-bond donors (Lipinski definition) is 2. The molecule has 0 aliphatic heterocycles. The molecule has 1 aromatic heterocycles. The topological polar surface area (TPSA) is 97.1 Å².